The zero-order valence-electron chi connectivity index (χ0n) is 11.3. The van der Waals surface area contributed by atoms with Crippen molar-refractivity contribution in [1.82, 2.24) is 0 Å². The molecule has 0 bridgehead atoms. The average molecular weight is 279 g/mol. The Morgan fingerprint density at radius 2 is 2.26 bits per heavy atom. The van der Waals surface area contributed by atoms with Crippen molar-refractivity contribution in [2.24, 2.45) is 5.92 Å². The van der Waals surface area contributed by atoms with Crippen molar-refractivity contribution in [2.75, 3.05) is 11.9 Å². The Labute approximate surface area is 119 Å². The van der Waals surface area contributed by atoms with Crippen LogP contribution in [0.25, 0.3) is 0 Å². The third-order valence-corrected chi connectivity index (χ3v) is 3.85. The molecule has 1 N–H and O–H groups in total. The van der Waals surface area contributed by atoms with Crippen molar-refractivity contribution in [3.8, 4) is 6.07 Å². The minimum absolute atomic E-state index is 0.314. The highest BCUT2D eigenvalue weighted by Crippen LogP contribution is 2.25. The first kappa shape index (κ1) is 14.2. The smallest absolute Gasteiger partial charge is 0.101 e. The Morgan fingerprint density at radius 3 is 2.95 bits per heavy atom. The van der Waals surface area contributed by atoms with Crippen LogP contribution in [0.2, 0.25) is 5.02 Å². The molecule has 19 heavy (non-hydrogen) atoms. The van der Waals surface area contributed by atoms with Gasteiger partial charge in [0.05, 0.1) is 16.7 Å². The van der Waals surface area contributed by atoms with Crippen LogP contribution in [0.15, 0.2) is 18.2 Å². The van der Waals surface area contributed by atoms with Crippen LogP contribution >= 0.6 is 11.6 Å². The number of nitrogens with zero attached hydrogens (tertiary/aromatic N) is 1. The lowest BCUT2D eigenvalue weighted by Gasteiger charge is -2.33. The minimum atomic E-state index is 0.314. The Bertz CT molecular complexity index is 482. The average Bonchev–Trinajstić information content (AvgIpc) is 2.41. The molecule has 2 atom stereocenters. The second-order valence-corrected chi connectivity index (χ2v) is 5.73. The van der Waals surface area contributed by atoms with E-state index in [-0.39, 0.29) is 0 Å². The van der Waals surface area contributed by atoms with Crippen LogP contribution in [-0.4, -0.2) is 18.8 Å². The normalized spacial score (nSPS) is 23.1. The zero-order chi connectivity index (χ0) is 13.8. The van der Waals surface area contributed by atoms with Crippen molar-refractivity contribution in [3.63, 3.8) is 0 Å². The van der Waals surface area contributed by atoms with E-state index in [9.17, 15) is 0 Å². The molecule has 3 nitrogen and oxygen atoms in total. The summed E-state index contributed by atoms with van der Waals surface area (Å²) in [5.74, 6) is 0.532. The molecule has 0 spiro atoms. The van der Waals surface area contributed by atoms with Gasteiger partial charge in [-0.1, -0.05) is 25.4 Å². The Kier molecular flexibility index (Phi) is 4.68. The van der Waals surface area contributed by atoms with E-state index in [2.05, 4.69) is 25.2 Å². The summed E-state index contributed by atoms with van der Waals surface area (Å²) in [5, 5.41) is 13.0. The molecular weight excluding hydrogens is 260 g/mol. The van der Waals surface area contributed by atoms with Crippen molar-refractivity contribution in [1.29, 1.82) is 5.26 Å². The summed E-state index contributed by atoms with van der Waals surface area (Å²) >= 11 is 5.93. The van der Waals surface area contributed by atoms with Gasteiger partial charge < -0.3 is 10.1 Å². The number of rotatable bonds is 3. The van der Waals surface area contributed by atoms with Crippen LogP contribution in [0.5, 0.6) is 0 Å². The number of nitrogens with one attached hydrogen (secondary N) is 1. The van der Waals surface area contributed by atoms with Crippen molar-refractivity contribution in [2.45, 2.75) is 38.8 Å². The second kappa shape index (κ2) is 6.27. The fraction of sp³-hybridized carbons (Fsp3) is 0.533. The molecule has 0 saturated carbocycles. The first-order valence-corrected chi connectivity index (χ1v) is 7.05. The van der Waals surface area contributed by atoms with Crippen LogP contribution in [0.4, 0.5) is 5.69 Å². The third kappa shape index (κ3) is 3.62. The van der Waals surface area contributed by atoms with E-state index in [0.717, 1.165) is 25.1 Å². The van der Waals surface area contributed by atoms with E-state index in [0.29, 0.717) is 28.6 Å². The van der Waals surface area contributed by atoms with Gasteiger partial charge in [0.25, 0.3) is 0 Å². The van der Waals surface area contributed by atoms with Gasteiger partial charge in [-0.2, -0.15) is 5.26 Å². The first-order valence-electron chi connectivity index (χ1n) is 6.68. The highest BCUT2D eigenvalue weighted by Gasteiger charge is 2.24. The van der Waals surface area contributed by atoms with Gasteiger partial charge in [-0.15, -0.1) is 0 Å². The number of benzene rings is 1. The topological polar surface area (TPSA) is 45.0 Å². The molecular formula is C15H19ClN2O. The molecule has 1 aromatic carbocycles. The monoisotopic (exact) mass is 278 g/mol. The van der Waals surface area contributed by atoms with Crippen LogP contribution in [0, 0.1) is 17.2 Å². The molecule has 0 aromatic heterocycles. The summed E-state index contributed by atoms with van der Waals surface area (Å²) in [6.07, 6.45) is 2.31. The maximum Gasteiger partial charge on any atom is 0.101 e. The fourth-order valence-corrected chi connectivity index (χ4v) is 2.52. The number of anilines is 1. The summed E-state index contributed by atoms with van der Waals surface area (Å²) in [7, 11) is 0. The Hall–Kier alpha value is -1.24. The lowest BCUT2D eigenvalue weighted by Crippen LogP contribution is -2.36. The molecule has 4 heteroatoms. The second-order valence-electron chi connectivity index (χ2n) is 5.33. The molecule has 1 aliphatic heterocycles. The highest BCUT2D eigenvalue weighted by molar-refractivity contribution is 6.31. The number of halogens is 1. The van der Waals surface area contributed by atoms with E-state index in [1.165, 1.54) is 0 Å². The minimum Gasteiger partial charge on any atom is -0.382 e. The van der Waals surface area contributed by atoms with Gasteiger partial charge >= 0.3 is 0 Å². The van der Waals surface area contributed by atoms with Crippen molar-refractivity contribution >= 4 is 17.3 Å². The molecule has 1 fully saturated rings. The molecule has 1 aromatic rings. The number of hydrogen-bond donors (Lipinski definition) is 1. The number of ether oxygens (including phenoxy) is 1. The van der Waals surface area contributed by atoms with Gasteiger partial charge in [0, 0.05) is 18.3 Å². The van der Waals surface area contributed by atoms with Crippen molar-refractivity contribution in [3.05, 3.63) is 28.8 Å². The summed E-state index contributed by atoms with van der Waals surface area (Å²) in [5.41, 5.74) is 1.47. The van der Waals surface area contributed by atoms with Gasteiger partial charge in [-0.25, -0.2) is 0 Å². The highest BCUT2D eigenvalue weighted by atomic mass is 35.5. The zero-order valence-corrected chi connectivity index (χ0v) is 12.1. The lowest BCUT2D eigenvalue weighted by molar-refractivity contribution is -0.0160. The molecule has 2 rings (SSSR count). The predicted molar refractivity (Wildman–Crippen MR) is 77.4 cm³/mol. The third-order valence-electron chi connectivity index (χ3n) is 3.52. The standard InChI is InChI=1S/C15H19ClN2O/c1-10(2)15-8-13(5-6-19-15)18-12-3-4-14(16)11(7-12)9-17/h3-4,7,10,13,15,18H,5-6,8H2,1-2H3. The number of hydrogen-bond acceptors (Lipinski definition) is 3. The summed E-state index contributed by atoms with van der Waals surface area (Å²) in [6, 6.07) is 7.99. The molecule has 0 aliphatic carbocycles. The van der Waals surface area contributed by atoms with Crippen molar-refractivity contribution < 1.29 is 4.74 Å². The van der Waals surface area contributed by atoms with Crippen LogP contribution in [-0.2, 0) is 4.74 Å². The first-order chi connectivity index (χ1) is 9.10. The van der Waals surface area contributed by atoms with E-state index in [1.807, 2.05) is 12.1 Å². The van der Waals surface area contributed by atoms with E-state index in [1.54, 1.807) is 6.07 Å². The van der Waals surface area contributed by atoms with Crippen LogP contribution in [0.3, 0.4) is 0 Å². The summed E-state index contributed by atoms with van der Waals surface area (Å²) < 4.78 is 5.76. The Balaban J connectivity index is 2.03. The van der Waals surface area contributed by atoms with Gasteiger partial charge in [0.2, 0.25) is 0 Å². The van der Waals surface area contributed by atoms with E-state index in [4.69, 9.17) is 21.6 Å². The van der Waals surface area contributed by atoms with Crippen LogP contribution < -0.4 is 5.32 Å². The SMILES string of the molecule is CC(C)C1CC(Nc2ccc(Cl)c(C#N)c2)CCO1. The van der Waals surface area contributed by atoms with Gasteiger partial charge in [-0.3, -0.25) is 0 Å². The van der Waals surface area contributed by atoms with Crippen LogP contribution in [0.1, 0.15) is 32.3 Å². The maximum atomic E-state index is 8.98. The molecule has 0 radical (unpaired) electrons. The molecule has 1 heterocycles. The van der Waals surface area contributed by atoms with E-state index < -0.39 is 0 Å². The predicted octanol–water partition coefficient (Wildman–Crippen LogP) is 3.83. The lowest BCUT2D eigenvalue weighted by atomic mass is 9.95. The molecule has 2 unspecified atom stereocenters. The maximum absolute atomic E-state index is 8.98. The Morgan fingerprint density at radius 1 is 1.47 bits per heavy atom. The molecule has 102 valence electrons. The largest absolute Gasteiger partial charge is 0.382 e. The van der Waals surface area contributed by atoms with Gasteiger partial charge in [0.1, 0.15) is 6.07 Å². The van der Waals surface area contributed by atoms with Gasteiger partial charge in [0.15, 0.2) is 0 Å². The summed E-state index contributed by atoms with van der Waals surface area (Å²) in [6.45, 7) is 5.16. The molecule has 0 amide bonds. The van der Waals surface area contributed by atoms with E-state index >= 15 is 0 Å². The summed E-state index contributed by atoms with van der Waals surface area (Å²) in [4.78, 5) is 0. The molecule has 1 saturated heterocycles. The number of nitriles is 1. The molecule has 1 aliphatic rings. The quantitative estimate of drug-likeness (QED) is 0.914. The van der Waals surface area contributed by atoms with Gasteiger partial charge in [-0.05, 0) is 37.0 Å². The fourth-order valence-electron chi connectivity index (χ4n) is 2.36.